The lowest BCUT2D eigenvalue weighted by Crippen LogP contribution is -2.40. The Hall–Kier alpha value is -0.860. The molecule has 1 saturated carbocycles. The van der Waals surface area contributed by atoms with E-state index in [-0.39, 0.29) is 24.0 Å². The quantitative estimate of drug-likeness (QED) is 0.205. The summed E-state index contributed by atoms with van der Waals surface area (Å²) >= 11 is 0. The normalized spacial score (nSPS) is 15.3. The highest BCUT2D eigenvalue weighted by Crippen LogP contribution is 2.28. The summed E-state index contributed by atoms with van der Waals surface area (Å²) in [6, 6.07) is 11.1. The van der Waals surface area contributed by atoms with Crippen LogP contribution in [0, 0.1) is 5.92 Å². The number of guanidine groups is 1. The minimum absolute atomic E-state index is 0. The second-order valence-electron chi connectivity index (χ2n) is 7.34. The Labute approximate surface area is 182 Å². The first kappa shape index (κ1) is 24.2. The summed E-state index contributed by atoms with van der Waals surface area (Å²) in [6.45, 7) is 6.85. The van der Waals surface area contributed by atoms with E-state index in [1.165, 1.54) is 18.4 Å². The van der Waals surface area contributed by atoms with Crippen LogP contribution in [0.5, 0.6) is 0 Å². The summed E-state index contributed by atoms with van der Waals surface area (Å²) in [5, 5.41) is 6.77. The van der Waals surface area contributed by atoms with E-state index in [0.717, 1.165) is 57.6 Å². The molecule has 0 saturated heterocycles. The van der Waals surface area contributed by atoms with Gasteiger partial charge in [0.15, 0.2) is 5.96 Å². The predicted octanol–water partition coefficient (Wildman–Crippen LogP) is 3.50. The SMILES string of the molecule is CN=C(NCCCOCC1CC1)NCCC(C)N(C)Cc1ccccc1.I. The molecule has 1 unspecified atom stereocenters. The smallest absolute Gasteiger partial charge is 0.190 e. The van der Waals surface area contributed by atoms with Crippen LogP contribution < -0.4 is 10.6 Å². The van der Waals surface area contributed by atoms with Crippen molar-refractivity contribution >= 4 is 29.9 Å². The van der Waals surface area contributed by atoms with Crippen LogP contribution in [0.25, 0.3) is 0 Å². The Balaban J connectivity index is 0.00000364. The summed E-state index contributed by atoms with van der Waals surface area (Å²) in [4.78, 5) is 6.69. The van der Waals surface area contributed by atoms with Gasteiger partial charge in [-0.05, 0) is 51.1 Å². The fourth-order valence-corrected chi connectivity index (χ4v) is 2.78. The molecule has 0 aliphatic heterocycles. The van der Waals surface area contributed by atoms with Crippen molar-refractivity contribution in [3.8, 4) is 0 Å². The zero-order valence-electron chi connectivity index (χ0n) is 17.1. The number of rotatable bonds is 12. The molecular formula is C21H37IN4O. The number of hydrogen-bond donors (Lipinski definition) is 2. The van der Waals surface area contributed by atoms with Gasteiger partial charge >= 0.3 is 0 Å². The molecule has 154 valence electrons. The van der Waals surface area contributed by atoms with Crippen molar-refractivity contribution in [2.75, 3.05) is 40.4 Å². The summed E-state index contributed by atoms with van der Waals surface area (Å²) in [5.41, 5.74) is 1.36. The predicted molar refractivity (Wildman–Crippen MR) is 125 cm³/mol. The number of benzene rings is 1. The largest absolute Gasteiger partial charge is 0.381 e. The third-order valence-corrected chi connectivity index (χ3v) is 4.91. The molecule has 0 heterocycles. The van der Waals surface area contributed by atoms with Crippen LogP contribution in [0.15, 0.2) is 35.3 Å². The van der Waals surface area contributed by atoms with Crippen molar-refractivity contribution < 1.29 is 4.74 Å². The van der Waals surface area contributed by atoms with E-state index in [0.29, 0.717) is 6.04 Å². The molecule has 1 aromatic rings. The lowest BCUT2D eigenvalue weighted by atomic mass is 10.1. The Morgan fingerprint density at radius 3 is 2.59 bits per heavy atom. The summed E-state index contributed by atoms with van der Waals surface area (Å²) in [7, 11) is 4.01. The number of halogens is 1. The molecule has 2 rings (SSSR count). The van der Waals surface area contributed by atoms with Crippen molar-refractivity contribution in [3.63, 3.8) is 0 Å². The lowest BCUT2D eigenvalue weighted by molar-refractivity contribution is 0.123. The van der Waals surface area contributed by atoms with Gasteiger partial charge in [-0.25, -0.2) is 0 Å². The molecule has 5 nitrogen and oxygen atoms in total. The molecule has 0 amide bonds. The zero-order valence-corrected chi connectivity index (χ0v) is 19.4. The van der Waals surface area contributed by atoms with Gasteiger partial charge in [0.1, 0.15) is 0 Å². The van der Waals surface area contributed by atoms with Gasteiger partial charge < -0.3 is 15.4 Å². The molecule has 0 aromatic heterocycles. The van der Waals surface area contributed by atoms with Crippen LogP contribution >= 0.6 is 24.0 Å². The molecule has 0 bridgehead atoms. The van der Waals surface area contributed by atoms with Crippen LogP contribution in [0.1, 0.15) is 38.2 Å². The van der Waals surface area contributed by atoms with E-state index < -0.39 is 0 Å². The van der Waals surface area contributed by atoms with Crippen LogP contribution in [0.4, 0.5) is 0 Å². The van der Waals surface area contributed by atoms with Gasteiger partial charge in [-0.2, -0.15) is 0 Å². The lowest BCUT2D eigenvalue weighted by Gasteiger charge is -2.25. The Kier molecular flexibility index (Phi) is 12.7. The molecule has 1 aliphatic rings. The third-order valence-electron chi connectivity index (χ3n) is 4.91. The van der Waals surface area contributed by atoms with Crippen LogP contribution in [-0.4, -0.2) is 57.3 Å². The van der Waals surface area contributed by atoms with Gasteiger partial charge in [0.05, 0.1) is 0 Å². The van der Waals surface area contributed by atoms with E-state index in [1.54, 1.807) is 0 Å². The first-order valence-corrected chi connectivity index (χ1v) is 9.95. The summed E-state index contributed by atoms with van der Waals surface area (Å²) < 4.78 is 5.65. The van der Waals surface area contributed by atoms with Crippen LogP contribution in [0.3, 0.4) is 0 Å². The van der Waals surface area contributed by atoms with Gasteiger partial charge in [0.25, 0.3) is 0 Å². The zero-order chi connectivity index (χ0) is 18.6. The minimum atomic E-state index is 0. The van der Waals surface area contributed by atoms with Gasteiger partial charge in [-0.1, -0.05) is 30.3 Å². The van der Waals surface area contributed by atoms with Gasteiger partial charge in [-0.15, -0.1) is 24.0 Å². The van der Waals surface area contributed by atoms with Gasteiger partial charge in [-0.3, -0.25) is 9.89 Å². The van der Waals surface area contributed by atoms with E-state index >= 15 is 0 Å². The fraction of sp³-hybridized carbons (Fsp3) is 0.667. The molecule has 2 N–H and O–H groups in total. The highest BCUT2D eigenvalue weighted by atomic mass is 127. The number of nitrogens with zero attached hydrogens (tertiary/aromatic N) is 2. The Morgan fingerprint density at radius 1 is 1.22 bits per heavy atom. The molecule has 1 aliphatic carbocycles. The first-order chi connectivity index (χ1) is 12.7. The standard InChI is InChI=1S/C21H36N4O.HI/c1-18(25(3)16-19-8-5-4-6-9-19)12-14-24-21(22-2)23-13-7-15-26-17-20-10-11-20;/h4-6,8-9,18,20H,7,10-17H2,1-3H3,(H2,22,23,24);1H. The van der Waals surface area contributed by atoms with Crippen molar-refractivity contribution in [1.82, 2.24) is 15.5 Å². The first-order valence-electron chi connectivity index (χ1n) is 9.95. The molecular weight excluding hydrogens is 451 g/mol. The van der Waals surface area contributed by atoms with Crippen molar-refractivity contribution in [2.45, 2.75) is 45.2 Å². The highest BCUT2D eigenvalue weighted by Gasteiger charge is 2.20. The molecule has 6 heteroatoms. The molecule has 1 aromatic carbocycles. The maximum absolute atomic E-state index is 5.65. The third kappa shape index (κ3) is 10.9. The molecule has 1 atom stereocenters. The number of aliphatic imine (C=N–C) groups is 1. The molecule has 1 fully saturated rings. The summed E-state index contributed by atoms with van der Waals surface area (Å²) in [6.07, 6.45) is 4.81. The number of nitrogens with one attached hydrogen (secondary N) is 2. The van der Waals surface area contributed by atoms with Crippen LogP contribution in [-0.2, 0) is 11.3 Å². The van der Waals surface area contributed by atoms with Gasteiger partial charge in [0, 0.05) is 45.9 Å². The maximum Gasteiger partial charge on any atom is 0.190 e. The second kappa shape index (κ2) is 14.2. The maximum atomic E-state index is 5.65. The van der Waals surface area contributed by atoms with E-state index in [4.69, 9.17) is 4.74 Å². The number of hydrogen-bond acceptors (Lipinski definition) is 3. The Bertz CT molecular complexity index is 522. The second-order valence-corrected chi connectivity index (χ2v) is 7.34. The van der Waals surface area contributed by atoms with Crippen LogP contribution in [0.2, 0.25) is 0 Å². The Morgan fingerprint density at radius 2 is 1.93 bits per heavy atom. The fourth-order valence-electron chi connectivity index (χ4n) is 2.78. The molecule has 0 spiro atoms. The van der Waals surface area contributed by atoms with Crippen molar-refractivity contribution in [2.24, 2.45) is 10.9 Å². The van der Waals surface area contributed by atoms with E-state index in [9.17, 15) is 0 Å². The van der Waals surface area contributed by atoms with E-state index in [1.807, 2.05) is 7.05 Å². The average Bonchev–Trinajstić information content (AvgIpc) is 3.48. The highest BCUT2D eigenvalue weighted by molar-refractivity contribution is 14.0. The topological polar surface area (TPSA) is 48.9 Å². The molecule has 27 heavy (non-hydrogen) atoms. The van der Waals surface area contributed by atoms with Gasteiger partial charge in [0.2, 0.25) is 0 Å². The van der Waals surface area contributed by atoms with E-state index in [2.05, 4.69) is 64.8 Å². The van der Waals surface area contributed by atoms with Crippen molar-refractivity contribution in [1.29, 1.82) is 0 Å². The van der Waals surface area contributed by atoms with Crippen molar-refractivity contribution in [3.05, 3.63) is 35.9 Å². The average molecular weight is 488 g/mol. The monoisotopic (exact) mass is 488 g/mol. The molecule has 0 radical (unpaired) electrons. The minimum Gasteiger partial charge on any atom is -0.381 e. The number of ether oxygens (including phenoxy) is 1. The summed E-state index contributed by atoms with van der Waals surface area (Å²) in [5.74, 6) is 1.73.